The smallest absolute Gasteiger partial charge is 0.171 e. The number of nitrogens with zero attached hydrogens (tertiary/aromatic N) is 2. The predicted molar refractivity (Wildman–Crippen MR) is 120 cm³/mol. The minimum Gasteiger partial charge on any atom is -0.386 e. The van der Waals surface area contributed by atoms with Crippen molar-refractivity contribution in [2.24, 2.45) is 5.73 Å². The van der Waals surface area contributed by atoms with Crippen LogP contribution in [0.5, 0.6) is 0 Å². The molecule has 8 heteroatoms. The third-order valence-corrected chi connectivity index (χ3v) is 6.53. The lowest BCUT2D eigenvalue weighted by Crippen LogP contribution is -2.15. The van der Waals surface area contributed by atoms with Gasteiger partial charge in [0.25, 0.3) is 0 Å². The third kappa shape index (κ3) is 3.65. The molecule has 5 N–H and O–H groups in total. The molecule has 0 bridgehead atoms. The molecule has 3 heterocycles. The van der Waals surface area contributed by atoms with E-state index in [4.69, 9.17) is 23.1 Å². The van der Waals surface area contributed by atoms with E-state index in [9.17, 15) is 9.50 Å². The van der Waals surface area contributed by atoms with Crippen molar-refractivity contribution in [2.45, 2.75) is 25.5 Å². The molecule has 0 unspecified atom stereocenters. The Kier molecular flexibility index (Phi) is 5.23. The normalized spacial score (nSPS) is 13.0. The number of benzene rings is 1. The molecule has 5 nitrogen and oxygen atoms in total. The zero-order valence-electron chi connectivity index (χ0n) is 16.4. The fourth-order valence-corrected chi connectivity index (χ4v) is 4.76. The van der Waals surface area contributed by atoms with Crippen LogP contribution < -0.4 is 11.5 Å². The Labute approximate surface area is 182 Å². The molecule has 30 heavy (non-hydrogen) atoms. The summed E-state index contributed by atoms with van der Waals surface area (Å²) < 4.78 is 15.5. The number of anilines is 1. The van der Waals surface area contributed by atoms with E-state index in [0.29, 0.717) is 0 Å². The van der Waals surface area contributed by atoms with Crippen LogP contribution >= 0.6 is 22.9 Å². The van der Waals surface area contributed by atoms with Crippen LogP contribution in [-0.4, -0.2) is 15.1 Å². The van der Waals surface area contributed by atoms with Crippen molar-refractivity contribution in [1.82, 2.24) is 9.97 Å². The van der Waals surface area contributed by atoms with E-state index in [1.807, 2.05) is 30.3 Å². The van der Waals surface area contributed by atoms with Crippen molar-refractivity contribution in [3.63, 3.8) is 0 Å². The summed E-state index contributed by atoms with van der Waals surface area (Å²) in [5.41, 5.74) is 13.5. The summed E-state index contributed by atoms with van der Waals surface area (Å²) in [5.74, 6) is -0.938. The minimum atomic E-state index is -0.982. The lowest BCUT2D eigenvalue weighted by Gasteiger charge is -2.18. The molecule has 0 radical (unpaired) electrons. The van der Waals surface area contributed by atoms with Gasteiger partial charge in [-0.15, -0.1) is 11.3 Å². The van der Waals surface area contributed by atoms with E-state index >= 15 is 0 Å². The highest BCUT2D eigenvalue weighted by molar-refractivity contribution is 7.19. The van der Waals surface area contributed by atoms with Crippen LogP contribution in [0.1, 0.15) is 35.9 Å². The zero-order chi connectivity index (χ0) is 21.6. The number of hydrogen-bond acceptors (Lipinski definition) is 6. The molecule has 1 aromatic carbocycles. The van der Waals surface area contributed by atoms with Crippen LogP contribution in [0, 0.1) is 5.82 Å². The molecule has 4 aromatic rings. The zero-order valence-corrected chi connectivity index (χ0v) is 17.9. The highest BCUT2D eigenvalue weighted by Gasteiger charge is 2.23. The molecule has 0 fully saturated rings. The van der Waals surface area contributed by atoms with Gasteiger partial charge >= 0.3 is 0 Å². The number of fused-ring (bicyclic) bond motifs is 1. The number of nitrogen functional groups attached to an aromatic ring is 1. The average Bonchev–Trinajstić information content (AvgIpc) is 3.15. The van der Waals surface area contributed by atoms with E-state index in [2.05, 4.69) is 9.97 Å². The summed E-state index contributed by atoms with van der Waals surface area (Å²) in [4.78, 5) is 8.95. The van der Waals surface area contributed by atoms with Crippen LogP contribution in [0.4, 0.5) is 10.2 Å². The Morgan fingerprint density at radius 3 is 2.70 bits per heavy atom. The maximum absolute atomic E-state index is 14.6. The number of pyridine rings is 2. The Morgan fingerprint density at radius 2 is 1.97 bits per heavy atom. The first kappa shape index (κ1) is 20.7. The predicted octanol–water partition coefficient (Wildman–Crippen LogP) is 5.01. The van der Waals surface area contributed by atoms with E-state index < -0.39 is 17.5 Å². The molecular weight excluding hydrogens is 423 g/mol. The lowest BCUT2D eigenvalue weighted by atomic mass is 9.97. The summed E-state index contributed by atoms with van der Waals surface area (Å²) in [6, 6.07) is 10.6. The Morgan fingerprint density at radius 1 is 1.20 bits per heavy atom. The van der Waals surface area contributed by atoms with Gasteiger partial charge in [0, 0.05) is 33.1 Å². The Bertz CT molecular complexity index is 1250. The van der Waals surface area contributed by atoms with Gasteiger partial charge in [-0.2, -0.15) is 0 Å². The first-order chi connectivity index (χ1) is 14.2. The van der Waals surface area contributed by atoms with Gasteiger partial charge in [-0.1, -0.05) is 29.8 Å². The van der Waals surface area contributed by atoms with Gasteiger partial charge in [0.05, 0.1) is 22.4 Å². The number of aliphatic hydroxyl groups is 1. The second-order valence-corrected chi connectivity index (χ2v) is 9.05. The Hall–Kier alpha value is -2.58. The highest BCUT2D eigenvalue weighted by Crippen LogP contribution is 2.40. The van der Waals surface area contributed by atoms with E-state index in [1.54, 1.807) is 26.1 Å². The highest BCUT2D eigenvalue weighted by atomic mass is 35.5. The molecular formula is C22H20ClFN4OS. The molecule has 154 valence electrons. The van der Waals surface area contributed by atoms with Crippen LogP contribution in [0.2, 0.25) is 5.02 Å². The molecule has 0 spiro atoms. The van der Waals surface area contributed by atoms with Crippen LogP contribution in [-0.2, 0) is 5.60 Å². The Balaban J connectivity index is 1.84. The monoisotopic (exact) mass is 442 g/mol. The molecule has 3 aromatic heterocycles. The van der Waals surface area contributed by atoms with Crippen LogP contribution in [0.25, 0.3) is 21.3 Å². The van der Waals surface area contributed by atoms with Crippen molar-refractivity contribution >= 4 is 38.8 Å². The summed E-state index contributed by atoms with van der Waals surface area (Å²) >= 11 is 7.61. The number of halogens is 2. The van der Waals surface area contributed by atoms with Gasteiger partial charge in [0.2, 0.25) is 0 Å². The summed E-state index contributed by atoms with van der Waals surface area (Å²) in [7, 11) is 0. The molecule has 0 saturated heterocycles. The topological polar surface area (TPSA) is 98.0 Å². The number of aromatic nitrogens is 2. The van der Waals surface area contributed by atoms with E-state index in [-0.39, 0.29) is 16.4 Å². The maximum Gasteiger partial charge on any atom is 0.171 e. The van der Waals surface area contributed by atoms with Crippen molar-refractivity contribution in [3.8, 4) is 11.3 Å². The standard InChI is InChI=1S/C22H20ClFN4OS/c1-22(2,29)12-6-7-27-15(9-12)13-5-3-4-11-8-16(30-20(11)13)19(25)17-14(23)10-28-21(26)18(17)24/h3-10,19,29H,25H2,1-2H3,(H2,26,28)/t19-/m0/s1. The first-order valence-corrected chi connectivity index (χ1v) is 10.4. The molecule has 0 aliphatic carbocycles. The second-order valence-electron chi connectivity index (χ2n) is 7.56. The van der Waals surface area contributed by atoms with Gasteiger partial charge in [0.1, 0.15) is 0 Å². The second kappa shape index (κ2) is 7.59. The van der Waals surface area contributed by atoms with Crippen LogP contribution in [0.3, 0.4) is 0 Å². The molecule has 0 aliphatic heterocycles. The molecule has 0 aliphatic rings. The minimum absolute atomic E-state index is 0.124. The van der Waals surface area contributed by atoms with Gasteiger partial charge in [-0.05, 0) is 43.0 Å². The summed E-state index contributed by atoms with van der Waals surface area (Å²) in [6.07, 6.45) is 2.98. The number of hydrogen-bond donors (Lipinski definition) is 3. The number of thiophene rings is 1. The first-order valence-electron chi connectivity index (χ1n) is 9.23. The van der Waals surface area contributed by atoms with Crippen molar-refractivity contribution in [2.75, 3.05) is 5.73 Å². The fraction of sp³-hybridized carbons (Fsp3) is 0.182. The van der Waals surface area contributed by atoms with E-state index in [1.165, 1.54) is 17.5 Å². The lowest BCUT2D eigenvalue weighted by molar-refractivity contribution is 0.0785. The average molecular weight is 443 g/mol. The SMILES string of the molecule is CC(C)(O)c1ccnc(-c2cccc3cc([C@H](N)c4c(Cl)cnc(N)c4F)sc23)c1. The summed E-state index contributed by atoms with van der Waals surface area (Å²) in [5, 5.41) is 11.4. The van der Waals surface area contributed by atoms with Gasteiger partial charge in [-0.3, -0.25) is 4.98 Å². The summed E-state index contributed by atoms with van der Waals surface area (Å²) in [6.45, 7) is 3.46. The molecule has 0 amide bonds. The maximum atomic E-state index is 14.6. The van der Waals surface area contributed by atoms with Crippen molar-refractivity contribution < 1.29 is 9.50 Å². The molecule has 0 saturated carbocycles. The molecule has 4 rings (SSSR count). The van der Waals surface area contributed by atoms with Crippen molar-refractivity contribution in [3.05, 3.63) is 75.6 Å². The van der Waals surface area contributed by atoms with Crippen LogP contribution in [0.15, 0.2) is 48.8 Å². The van der Waals surface area contributed by atoms with Gasteiger partial charge in [0.15, 0.2) is 11.6 Å². The third-order valence-electron chi connectivity index (χ3n) is 4.96. The van der Waals surface area contributed by atoms with Gasteiger partial charge in [-0.25, -0.2) is 9.37 Å². The van der Waals surface area contributed by atoms with Crippen molar-refractivity contribution in [1.29, 1.82) is 0 Å². The molecule has 1 atom stereocenters. The largest absolute Gasteiger partial charge is 0.386 e. The quantitative estimate of drug-likeness (QED) is 0.412. The number of rotatable bonds is 4. The van der Waals surface area contributed by atoms with E-state index in [0.717, 1.165) is 31.8 Å². The fourth-order valence-electron chi connectivity index (χ4n) is 3.32. The number of nitrogens with two attached hydrogens (primary N) is 2. The van der Waals surface area contributed by atoms with Gasteiger partial charge < -0.3 is 16.6 Å².